The van der Waals surface area contributed by atoms with Crippen molar-refractivity contribution in [2.24, 2.45) is 0 Å². The lowest BCUT2D eigenvalue weighted by atomic mass is 9.89. The van der Waals surface area contributed by atoms with E-state index in [1.807, 2.05) is 27.7 Å². The first-order valence-electron chi connectivity index (χ1n) is 6.91. The van der Waals surface area contributed by atoms with Crippen LogP contribution in [-0.4, -0.2) is 0 Å². The molecule has 2 aromatic rings. The molecule has 21 heavy (non-hydrogen) atoms. The molecule has 0 aromatic heterocycles. The Balaban J connectivity index is 2.66. The molecule has 2 aromatic carbocycles. The zero-order chi connectivity index (χ0) is 15.9. The fourth-order valence-corrected chi connectivity index (χ4v) is 3.15. The maximum absolute atomic E-state index is 14.1. The van der Waals surface area contributed by atoms with Crippen LogP contribution in [0.2, 0.25) is 0 Å². The fourth-order valence-electron chi connectivity index (χ4n) is 2.66. The second-order valence-corrected chi connectivity index (χ2v) is 6.10. The van der Waals surface area contributed by atoms with Crippen LogP contribution in [0.1, 0.15) is 44.3 Å². The largest absolute Gasteiger partial charge is 0.207 e. The number of benzene rings is 2. The first kappa shape index (κ1) is 16.0. The molecule has 0 aliphatic rings. The van der Waals surface area contributed by atoms with Crippen LogP contribution in [0.25, 0.3) is 0 Å². The molecular weight excluding hydrogens is 290 g/mol. The Morgan fingerprint density at radius 3 is 1.81 bits per heavy atom. The van der Waals surface area contributed by atoms with Crippen LogP contribution >= 0.6 is 11.6 Å². The summed E-state index contributed by atoms with van der Waals surface area (Å²) in [6.07, 6.45) is 0. The SMILES string of the molecule is Cc1cc(C(Cl)c2c(C)c(C)cc(C)c2C)c(F)cc1F. The maximum atomic E-state index is 14.1. The van der Waals surface area contributed by atoms with Crippen molar-refractivity contribution in [3.63, 3.8) is 0 Å². The standard InChI is InChI=1S/C18H19ClF2/c1-9-6-10(2)13(5)17(12(9)4)18(19)14-7-11(3)15(20)8-16(14)21/h6-8,18H,1-5H3. The van der Waals surface area contributed by atoms with Gasteiger partial charge >= 0.3 is 0 Å². The molecule has 0 saturated carbocycles. The molecule has 1 atom stereocenters. The topological polar surface area (TPSA) is 0 Å². The summed E-state index contributed by atoms with van der Waals surface area (Å²) in [5.41, 5.74) is 6.00. The molecule has 0 heterocycles. The highest BCUT2D eigenvalue weighted by Crippen LogP contribution is 2.37. The minimum absolute atomic E-state index is 0.326. The van der Waals surface area contributed by atoms with Crippen molar-refractivity contribution < 1.29 is 8.78 Å². The molecular formula is C18H19ClF2. The monoisotopic (exact) mass is 308 g/mol. The van der Waals surface area contributed by atoms with Crippen molar-refractivity contribution in [2.75, 3.05) is 0 Å². The first-order valence-corrected chi connectivity index (χ1v) is 7.34. The molecule has 0 radical (unpaired) electrons. The summed E-state index contributed by atoms with van der Waals surface area (Å²) in [5, 5.41) is -0.622. The van der Waals surface area contributed by atoms with Gasteiger partial charge in [0.2, 0.25) is 0 Å². The third-order valence-electron chi connectivity index (χ3n) is 4.23. The van der Waals surface area contributed by atoms with E-state index < -0.39 is 17.0 Å². The van der Waals surface area contributed by atoms with Gasteiger partial charge in [0.1, 0.15) is 11.6 Å². The van der Waals surface area contributed by atoms with E-state index in [9.17, 15) is 8.78 Å². The second kappa shape index (κ2) is 5.76. The van der Waals surface area contributed by atoms with Crippen LogP contribution in [0.3, 0.4) is 0 Å². The van der Waals surface area contributed by atoms with Gasteiger partial charge in [-0.2, -0.15) is 0 Å². The Morgan fingerprint density at radius 1 is 0.762 bits per heavy atom. The first-order chi connectivity index (χ1) is 9.73. The van der Waals surface area contributed by atoms with Crippen LogP contribution in [0.4, 0.5) is 8.78 Å². The molecule has 2 rings (SSSR count). The van der Waals surface area contributed by atoms with Crippen molar-refractivity contribution in [2.45, 2.75) is 40.0 Å². The van der Waals surface area contributed by atoms with Crippen LogP contribution in [-0.2, 0) is 0 Å². The van der Waals surface area contributed by atoms with Crippen LogP contribution in [0, 0.1) is 46.3 Å². The number of alkyl halides is 1. The molecule has 0 fully saturated rings. The molecule has 0 bridgehead atoms. The zero-order valence-corrected chi connectivity index (χ0v) is 13.7. The minimum atomic E-state index is -0.622. The van der Waals surface area contributed by atoms with Crippen molar-refractivity contribution in [3.8, 4) is 0 Å². The van der Waals surface area contributed by atoms with Gasteiger partial charge < -0.3 is 0 Å². The van der Waals surface area contributed by atoms with Gasteiger partial charge in [0.25, 0.3) is 0 Å². The Hall–Kier alpha value is -1.41. The zero-order valence-electron chi connectivity index (χ0n) is 12.9. The number of aryl methyl sites for hydroxylation is 3. The van der Waals surface area contributed by atoms with Gasteiger partial charge in [0.05, 0.1) is 5.38 Å². The molecule has 0 aliphatic heterocycles. The lowest BCUT2D eigenvalue weighted by molar-refractivity contribution is 0.568. The Morgan fingerprint density at radius 2 is 1.29 bits per heavy atom. The van der Waals surface area contributed by atoms with E-state index in [1.165, 1.54) is 6.07 Å². The smallest absolute Gasteiger partial charge is 0.131 e. The summed E-state index contributed by atoms with van der Waals surface area (Å²) in [6.45, 7) is 9.62. The summed E-state index contributed by atoms with van der Waals surface area (Å²) in [6, 6.07) is 4.51. The fraction of sp³-hybridized carbons (Fsp3) is 0.333. The third-order valence-corrected chi connectivity index (χ3v) is 4.68. The lowest BCUT2D eigenvalue weighted by Gasteiger charge is -2.21. The van der Waals surface area contributed by atoms with E-state index in [2.05, 4.69) is 6.07 Å². The van der Waals surface area contributed by atoms with Gasteiger partial charge in [-0.1, -0.05) is 6.07 Å². The number of hydrogen-bond donors (Lipinski definition) is 0. The highest BCUT2D eigenvalue weighted by Gasteiger charge is 2.22. The van der Waals surface area contributed by atoms with Crippen molar-refractivity contribution in [1.82, 2.24) is 0 Å². The minimum Gasteiger partial charge on any atom is -0.207 e. The molecule has 0 N–H and O–H groups in total. The summed E-state index contributed by atoms with van der Waals surface area (Å²) >= 11 is 6.55. The molecule has 3 heteroatoms. The van der Waals surface area contributed by atoms with Gasteiger partial charge in [0.15, 0.2) is 0 Å². The van der Waals surface area contributed by atoms with Crippen LogP contribution < -0.4 is 0 Å². The van der Waals surface area contributed by atoms with Gasteiger partial charge in [-0.3, -0.25) is 0 Å². The van der Waals surface area contributed by atoms with E-state index in [0.29, 0.717) is 11.1 Å². The third kappa shape index (κ3) is 2.82. The molecule has 1 unspecified atom stereocenters. The normalized spacial score (nSPS) is 12.6. The predicted molar refractivity (Wildman–Crippen MR) is 84.2 cm³/mol. The molecule has 0 spiro atoms. The van der Waals surface area contributed by atoms with Gasteiger partial charge in [-0.15, -0.1) is 11.6 Å². The Kier molecular flexibility index (Phi) is 4.38. The van der Waals surface area contributed by atoms with Crippen molar-refractivity contribution in [3.05, 3.63) is 68.8 Å². The van der Waals surface area contributed by atoms with Crippen LogP contribution in [0.15, 0.2) is 18.2 Å². The summed E-state index contributed by atoms with van der Waals surface area (Å²) in [5.74, 6) is -1.15. The van der Waals surface area contributed by atoms with Gasteiger partial charge in [-0.25, -0.2) is 8.78 Å². The predicted octanol–water partition coefficient (Wildman–Crippen LogP) is 5.84. The van der Waals surface area contributed by atoms with Gasteiger partial charge in [0, 0.05) is 11.6 Å². The van der Waals surface area contributed by atoms with E-state index in [0.717, 1.165) is 33.9 Å². The average molecular weight is 309 g/mol. The van der Waals surface area contributed by atoms with Crippen molar-refractivity contribution >= 4 is 11.6 Å². The molecule has 0 nitrogen and oxygen atoms in total. The lowest BCUT2D eigenvalue weighted by Crippen LogP contribution is -2.06. The molecule has 0 aliphatic carbocycles. The second-order valence-electron chi connectivity index (χ2n) is 5.66. The summed E-state index contributed by atoms with van der Waals surface area (Å²) < 4.78 is 27.5. The van der Waals surface area contributed by atoms with E-state index in [1.54, 1.807) is 6.92 Å². The molecule has 0 saturated heterocycles. The summed E-state index contributed by atoms with van der Waals surface area (Å²) in [7, 11) is 0. The summed E-state index contributed by atoms with van der Waals surface area (Å²) in [4.78, 5) is 0. The average Bonchev–Trinajstić information content (AvgIpc) is 2.40. The number of halogens is 3. The van der Waals surface area contributed by atoms with Crippen LogP contribution in [0.5, 0.6) is 0 Å². The van der Waals surface area contributed by atoms with E-state index in [-0.39, 0.29) is 0 Å². The quantitative estimate of drug-likeness (QED) is 0.612. The maximum Gasteiger partial charge on any atom is 0.131 e. The number of hydrogen-bond acceptors (Lipinski definition) is 0. The van der Waals surface area contributed by atoms with E-state index in [4.69, 9.17) is 11.6 Å². The number of rotatable bonds is 2. The Labute approximate surface area is 129 Å². The Bertz CT molecular complexity index is 679. The van der Waals surface area contributed by atoms with Gasteiger partial charge in [-0.05, 0) is 74.1 Å². The molecule has 112 valence electrons. The molecule has 0 amide bonds. The van der Waals surface area contributed by atoms with Crippen molar-refractivity contribution in [1.29, 1.82) is 0 Å². The van der Waals surface area contributed by atoms with E-state index >= 15 is 0 Å². The highest BCUT2D eigenvalue weighted by molar-refractivity contribution is 6.22. The highest BCUT2D eigenvalue weighted by atomic mass is 35.5.